The lowest BCUT2D eigenvalue weighted by atomic mass is 10.1. The van der Waals surface area contributed by atoms with E-state index in [2.05, 4.69) is 21.3 Å². The van der Waals surface area contributed by atoms with Crippen LogP contribution >= 0.6 is 0 Å². The van der Waals surface area contributed by atoms with Gasteiger partial charge >= 0.3 is 0 Å². The van der Waals surface area contributed by atoms with Crippen molar-refractivity contribution >= 4 is 11.8 Å². The highest BCUT2D eigenvalue weighted by Gasteiger charge is 2.10. The van der Waals surface area contributed by atoms with E-state index in [9.17, 15) is 9.59 Å². The van der Waals surface area contributed by atoms with Crippen LogP contribution < -0.4 is 10.6 Å². The van der Waals surface area contributed by atoms with Gasteiger partial charge in [0.1, 0.15) is 0 Å². The maximum Gasteiger partial charge on any atom is 0.251 e. The molecule has 1 atom stereocenters. The van der Waals surface area contributed by atoms with Crippen LogP contribution in [0.2, 0.25) is 0 Å². The van der Waals surface area contributed by atoms with Crippen LogP contribution in [0.25, 0.3) is 0 Å². The average molecular weight is 327 g/mol. The fourth-order valence-electron chi connectivity index (χ4n) is 2.50. The second-order valence-electron chi connectivity index (χ2n) is 6.13. The van der Waals surface area contributed by atoms with Gasteiger partial charge in [-0.1, -0.05) is 12.1 Å². The number of amides is 2. The number of benzene rings is 1. The van der Waals surface area contributed by atoms with Crippen LogP contribution in [0.4, 0.5) is 0 Å². The van der Waals surface area contributed by atoms with Gasteiger partial charge in [0, 0.05) is 44.0 Å². The van der Waals surface area contributed by atoms with E-state index in [1.54, 1.807) is 12.1 Å². The van der Waals surface area contributed by atoms with Gasteiger partial charge in [-0.05, 0) is 49.6 Å². The maximum absolute atomic E-state index is 12.3. The number of nitrogens with zero attached hydrogens (tertiary/aromatic N) is 1. The second-order valence-corrected chi connectivity index (χ2v) is 6.13. The summed E-state index contributed by atoms with van der Waals surface area (Å²) in [5, 5.41) is 5.77. The highest BCUT2D eigenvalue weighted by atomic mass is 16.2. The quantitative estimate of drug-likeness (QED) is 0.820. The molecule has 5 nitrogen and oxygen atoms in total. The van der Waals surface area contributed by atoms with E-state index in [4.69, 9.17) is 0 Å². The third kappa shape index (κ3) is 5.26. The van der Waals surface area contributed by atoms with E-state index < -0.39 is 0 Å². The summed E-state index contributed by atoms with van der Waals surface area (Å²) < 4.78 is 2.10. The van der Waals surface area contributed by atoms with Gasteiger partial charge in [0.15, 0.2) is 0 Å². The summed E-state index contributed by atoms with van der Waals surface area (Å²) in [6, 6.07) is 11.5. The van der Waals surface area contributed by atoms with Crippen molar-refractivity contribution in [3.05, 3.63) is 59.4 Å². The Hall–Kier alpha value is -2.56. The molecule has 0 spiro atoms. The van der Waals surface area contributed by atoms with Crippen LogP contribution in [-0.2, 0) is 24.8 Å². The van der Waals surface area contributed by atoms with Gasteiger partial charge in [-0.3, -0.25) is 9.59 Å². The molecule has 1 aromatic heterocycles. The summed E-state index contributed by atoms with van der Waals surface area (Å²) in [5.41, 5.74) is 2.87. The van der Waals surface area contributed by atoms with Crippen molar-refractivity contribution in [2.45, 2.75) is 39.3 Å². The summed E-state index contributed by atoms with van der Waals surface area (Å²) in [6.45, 7) is 3.98. The Kier molecular flexibility index (Phi) is 6.18. The topological polar surface area (TPSA) is 63.1 Å². The molecule has 2 N–H and O–H groups in total. The standard InChI is InChI=1S/C19H25N3O2/c1-14(6-11-18-5-4-12-22(18)3)21-19(24)17-9-7-16(8-10-17)13-20-15(2)23/h4-5,7-10,12,14H,6,11,13H2,1-3H3,(H,20,23)(H,21,24)/t14-/m0/s1. The molecule has 0 saturated heterocycles. The molecule has 0 radical (unpaired) electrons. The molecule has 0 bridgehead atoms. The fourth-order valence-corrected chi connectivity index (χ4v) is 2.50. The fraction of sp³-hybridized carbons (Fsp3) is 0.368. The normalized spacial score (nSPS) is 11.8. The minimum Gasteiger partial charge on any atom is -0.354 e. The number of carbonyl (C=O) groups excluding carboxylic acids is 2. The molecule has 1 heterocycles. The first kappa shape index (κ1) is 17.8. The smallest absolute Gasteiger partial charge is 0.251 e. The molecule has 0 fully saturated rings. The Bertz CT molecular complexity index is 689. The van der Waals surface area contributed by atoms with Crippen LogP contribution in [0.3, 0.4) is 0 Å². The second kappa shape index (κ2) is 8.34. The molecule has 128 valence electrons. The number of hydrogen-bond acceptors (Lipinski definition) is 2. The molecule has 2 amide bonds. The van der Waals surface area contributed by atoms with Crippen molar-refractivity contribution in [3.8, 4) is 0 Å². The van der Waals surface area contributed by atoms with Crippen LogP contribution in [0, 0.1) is 0 Å². The van der Waals surface area contributed by atoms with Crippen molar-refractivity contribution in [2.75, 3.05) is 0 Å². The SMILES string of the molecule is CC(=O)NCc1ccc(C(=O)N[C@@H](C)CCc2cccn2C)cc1. The molecule has 0 aliphatic carbocycles. The summed E-state index contributed by atoms with van der Waals surface area (Å²) in [6.07, 6.45) is 3.85. The number of carbonyl (C=O) groups is 2. The Labute approximate surface area is 143 Å². The zero-order valence-electron chi connectivity index (χ0n) is 14.5. The third-order valence-corrected chi connectivity index (χ3v) is 4.02. The summed E-state index contributed by atoms with van der Waals surface area (Å²) in [5.74, 6) is -0.135. The molecule has 24 heavy (non-hydrogen) atoms. The Morgan fingerprint density at radius 3 is 2.46 bits per heavy atom. The molecule has 0 saturated carbocycles. The molecule has 1 aromatic carbocycles. The van der Waals surface area contributed by atoms with Gasteiger partial charge in [0.25, 0.3) is 5.91 Å². The first-order valence-electron chi connectivity index (χ1n) is 8.20. The van der Waals surface area contributed by atoms with Crippen LogP contribution in [0.5, 0.6) is 0 Å². The largest absolute Gasteiger partial charge is 0.354 e. The highest BCUT2D eigenvalue weighted by Crippen LogP contribution is 2.08. The van der Waals surface area contributed by atoms with E-state index in [0.717, 1.165) is 18.4 Å². The van der Waals surface area contributed by atoms with Gasteiger partial charge in [-0.2, -0.15) is 0 Å². The third-order valence-electron chi connectivity index (χ3n) is 4.02. The van der Waals surface area contributed by atoms with Crippen LogP contribution in [0.1, 0.15) is 41.9 Å². The zero-order chi connectivity index (χ0) is 17.5. The van der Waals surface area contributed by atoms with Crippen molar-refractivity contribution in [2.24, 2.45) is 7.05 Å². The molecule has 5 heteroatoms. The van der Waals surface area contributed by atoms with Gasteiger partial charge in [-0.15, -0.1) is 0 Å². The Morgan fingerprint density at radius 2 is 1.88 bits per heavy atom. The maximum atomic E-state index is 12.3. The number of aromatic nitrogens is 1. The van der Waals surface area contributed by atoms with Gasteiger partial charge in [0.2, 0.25) is 5.91 Å². The molecule has 0 unspecified atom stereocenters. The lowest BCUT2D eigenvalue weighted by molar-refractivity contribution is -0.119. The highest BCUT2D eigenvalue weighted by molar-refractivity contribution is 5.94. The number of rotatable bonds is 7. The van der Waals surface area contributed by atoms with Crippen molar-refractivity contribution < 1.29 is 9.59 Å². The molecule has 0 aliphatic heterocycles. The summed E-state index contributed by atoms with van der Waals surface area (Å²) in [4.78, 5) is 23.2. The van der Waals surface area contributed by atoms with E-state index in [1.807, 2.05) is 38.4 Å². The van der Waals surface area contributed by atoms with Crippen molar-refractivity contribution in [1.29, 1.82) is 0 Å². The van der Waals surface area contributed by atoms with Crippen LogP contribution in [-0.4, -0.2) is 22.4 Å². The van der Waals surface area contributed by atoms with Gasteiger partial charge < -0.3 is 15.2 Å². The number of aryl methyl sites for hydroxylation is 2. The minimum atomic E-state index is -0.0690. The van der Waals surface area contributed by atoms with Crippen molar-refractivity contribution in [3.63, 3.8) is 0 Å². The van der Waals surface area contributed by atoms with Crippen molar-refractivity contribution in [1.82, 2.24) is 15.2 Å². The molecule has 2 aromatic rings. The Balaban J connectivity index is 1.82. The molecule has 0 aliphatic rings. The predicted molar refractivity (Wildman–Crippen MR) is 94.6 cm³/mol. The first-order valence-corrected chi connectivity index (χ1v) is 8.20. The van der Waals surface area contributed by atoms with Crippen LogP contribution in [0.15, 0.2) is 42.6 Å². The first-order chi connectivity index (χ1) is 11.5. The van der Waals surface area contributed by atoms with E-state index in [-0.39, 0.29) is 17.9 Å². The summed E-state index contributed by atoms with van der Waals surface area (Å²) >= 11 is 0. The monoisotopic (exact) mass is 327 g/mol. The molecule has 2 rings (SSSR count). The number of nitrogens with one attached hydrogen (secondary N) is 2. The van der Waals surface area contributed by atoms with Gasteiger partial charge in [0.05, 0.1) is 0 Å². The summed E-state index contributed by atoms with van der Waals surface area (Å²) in [7, 11) is 2.03. The minimum absolute atomic E-state index is 0.0659. The van der Waals surface area contributed by atoms with Gasteiger partial charge in [-0.25, -0.2) is 0 Å². The lowest BCUT2D eigenvalue weighted by Gasteiger charge is -2.14. The predicted octanol–water partition coefficient (Wildman–Crippen LogP) is 2.41. The zero-order valence-corrected chi connectivity index (χ0v) is 14.5. The lowest BCUT2D eigenvalue weighted by Crippen LogP contribution is -2.33. The number of hydrogen-bond donors (Lipinski definition) is 2. The van der Waals surface area contributed by atoms with E-state index >= 15 is 0 Å². The van der Waals surface area contributed by atoms with E-state index in [1.165, 1.54) is 12.6 Å². The Morgan fingerprint density at radius 1 is 1.17 bits per heavy atom. The van der Waals surface area contributed by atoms with E-state index in [0.29, 0.717) is 12.1 Å². The molecular formula is C19H25N3O2. The average Bonchev–Trinajstić information content (AvgIpc) is 2.96. The molecular weight excluding hydrogens is 302 g/mol.